The van der Waals surface area contributed by atoms with Gasteiger partial charge in [-0.25, -0.2) is 0 Å². The quantitative estimate of drug-likeness (QED) is 0.546. The number of ether oxygens (including phenoxy) is 1. The van der Waals surface area contributed by atoms with Crippen LogP contribution in [0, 0.1) is 0 Å². The molecule has 0 radical (unpaired) electrons. The Kier molecular flexibility index (Phi) is 5.79. The van der Waals surface area contributed by atoms with Crippen molar-refractivity contribution in [1.29, 1.82) is 0 Å². The lowest BCUT2D eigenvalue weighted by Crippen LogP contribution is -2.53. The van der Waals surface area contributed by atoms with Gasteiger partial charge in [0, 0.05) is 17.3 Å². The molecule has 1 aromatic carbocycles. The summed E-state index contributed by atoms with van der Waals surface area (Å²) in [6, 6.07) is 4.73. The van der Waals surface area contributed by atoms with Crippen molar-refractivity contribution in [2.45, 2.75) is 25.8 Å². The monoisotopic (exact) mass is 282 g/mol. The van der Waals surface area contributed by atoms with E-state index in [1.807, 2.05) is 6.92 Å². The number of nitrogen functional groups attached to an aromatic ring is 1. The van der Waals surface area contributed by atoms with Crippen molar-refractivity contribution in [2.75, 3.05) is 25.6 Å². The second kappa shape index (κ2) is 7.12. The van der Waals surface area contributed by atoms with Crippen molar-refractivity contribution in [3.8, 4) is 5.75 Å². The summed E-state index contributed by atoms with van der Waals surface area (Å²) in [6.07, 6.45) is 0.409. The zero-order valence-corrected chi connectivity index (χ0v) is 11.8. The van der Waals surface area contributed by atoms with E-state index < -0.39 is 11.4 Å². The molecule has 0 saturated carbocycles. The summed E-state index contributed by atoms with van der Waals surface area (Å²) >= 11 is 0. The van der Waals surface area contributed by atoms with Gasteiger partial charge >= 0.3 is 0 Å². The van der Waals surface area contributed by atoms with E-state index in [1.54, 1.807) is 19.1 Å². The van der Waals surface area contributed by atoms with Gasteiger partial charge in [0.25, 0.3) is 5.91 Å². The lowest BCUT2D eigenvalue weighted by Gasteiger charge is -2.29. The molecule has 0 fully saturated rings. The highest BCUT2D eigenvalue weighted by atomic mass is 16.5. The molecule has 112 valence electrons. The zero-order chi connectivity index (χ0) is 15.2. The van der Waals surface area contributed by atoms with E-state index in [0.29, 0.717) is 30.0 Å². The highest BCUT2D eigenvalue weighted by Gasteiger charge is 2.29. The Morgan fingerprint density at radius 2 is 1.95 bits per heavy atom. The van der Waals surface area contributed by atoms with Gasteiger partial charge in [0.15, 0.2) is 0 Å². The van der Waals surface area contributed by atoms with Gasteiger partial charge in [-0.1, -0.05) is 6.92 Å². The first-order valence-corrected chi connectivity index (χ1v) is 6.57. The van der Waals surface area contributed by atoms with Crippen molar-refractivity contribution in [1.82, 2.24) is 5.32 Å². The average Bonchev–Trinajstić information content (AvgIpc) is 2.44. The first-order chi connectivity index (χ1) is 9.50. The van der Waals surface area contributed by atoms with E-state index in [4.69, 9.17) is 10.5 Å². The first kappa shape index (κ1) is 16.3. The van der Waals surface area contributed by atoms with E-state index in [0.717, 1.165) is 0 Å². The number of hydrogen-bond acceptors (Lipinski definition) is 5. The van der Waals surface area contributed by atoms with Gasteiger partial charge < -0.3 is 26.0 Å². The maximum absolute atomic E-state index is 12.2. The minimum atomic E-state index is -1.03. The van der Waals surface area contributed by atoms with Crippen LogP contribution in [0.25, 0.3) is 0 Å². The number of nitrogens with one attached hydrogen (secondary N) is 1. The normalized spacial score (nSPS) is 11.2. The molecule has 0 heterocycles. The topological polar surface area (TPSA) is 105 Å². The van der Waals surface area contributed by atoms with Crippen molar-refractivity contribution in [2.24, 2.45) is 0 Å². The van der Waals surface area contributed by atoms with Crippen LogP contribution >= 0.6 is 0 Å². The maximum Gasteiger partial charge on any atom is 0.252 e. The van der Waals surface area contributed by atoms with Crippen LogP contribution in [0.15, 0.2) is 18.2 Å². The Morgan fingerprint density at radius 1 is 1.30 bits per heavy atom. The van der Waals surface area contributed by atoms with Gasteiger partial charge in [-0.3, -0.25) is 4.79 Å². The van der Waals surface area contributed by atoms with E-state index >= 15 is 0 Å². The molecule has 5 N–H and O–H groups in total. The largest absolute Gasteiger partial charge is 0.494 e. The molecule has 1 aromatic rings. The number of carbonyl (C=O) groups excluding carboxylic acids is 1. The van der Waals surface area contributed by atoms with Crippen LogP contribution in [0.2, 0.25) is 0 Å². The summed E-state index contributed by atoms with van der Waals surface area (Å²) in [7, 11) is 0. The fourth-order valence-corrected chi connectivity index (χ4v) is 1.76. The lowest BCUT2D eigenvalue weighted by molar-refractivity contribution is 0.0652. The summed E-state index contributed by atoms with van der Waals surface area (Å²) in [4.78, 5) is 12.2. The predicted octanol–water partition coefficient (Wildman–Crippen LogP) is 0.531. The highest BCUT2D eigenvalue weighted by Crippen LogP contribution is 2.20. The molecule has 0 unspecified atom stereocenters. The standard InChI is InChI=1S/C14H22N2O4/c1-3-14(8-17,9-18)16-13(19)10-5-11(15)7-12(6-10)20-4-2/h5-7,17-18H,3-4,8-9,15H2,1-2H3,(H,16,19). The molecule has 20 heavy (non-hydrogen) atoms. The molecule has 6 heteroatoms. The van der Waals surface area contributed by atoms with Crippen LogP contribution in [0.4, 0.5) is 5.69 Å². The smallest absolute Gasteiger partial charge is 0.252 e. The molecule has 0 aliphatic carbocycles. The molecule has 0 spiro atoms. The molecule has 1 rings (SSSR count). The summed E-state index contributed by atoms with van der Waals surface area (Å²) in [6.45, 7) is 3.40. The van der Waals surface area contributed by atoms with Crippen LogP contribution < -0.4 is 15.8 Å². The van der Waals surface area contributed by atoms with Crippen molar-refractivity contribution in [3.05, 3.63) is 23.8 Å². The number of benzene rings is 1. The first-order valence-electron chi connectivity index (χ1n) is 6.57. The Hall–Kier alpha value is -1.79. The van der Waals surface area contributed by atoms with Crippen LogP contribution in [-0.2, 0) is 0 Å². The summed E-state index contributed by atoms with van der Waals surface area (Å²) in [5.74, 6) is 0.0935. The fourth-order valence-electron chi connectivity index (χ4n) is 1.76. The average molecular weight is 282 g/mol. The van der Waals surface area contributed by atoms with E-state index in [-0.39, 0.29) is 13.2 Å². The van der Waals surface area contributed by atoms with Gasteiger partial charge in [-0.15, -0.1) is 0 Å². The third-order valence-electron chi connectivity index (χ3n) is 3.16. The molecular weight excluding hydrogens is 260 g/mol. The Labute approximate surface area is 118 Å². The second-order valence-electron chi connectivity index (χ2n) is 4.63. The van der Waals surface area contributed by atoms with Gasteiger partial charge in [-0.05, 0) is 25.5 Å². The van der Waals surface area contributed by atoms with Crippen LogP contribution in [-0.4, -0.2) is 41.5 Å². The summed E-state index contributed by atoms with van der Waals surface area (Å²) < 4.78 is 5.33. The minimum absolute atomic E-state index is 0.327. The number of rotatable bonds is 7. The summed E-state index contributed by atoms with van der Waals surface area (Å²) in [5, 5.41) is 21.3. The van der Waals surface area contributed by atoms with E-state index in [2.05, 4.69) is 5.32 Å². The van der Waals surface area contributed by atoms with E-state index in [9.17, 15) is 15.0 Å². The van der Waals surface area contributed by atoms with Crippen molar-refractivity contribution < 1.29 is 19.7 Å². The van der Waals surface area contributed by atoms with Crippen LogP contribution in [0.1, 0.15) is 30.6 Å². The highest BCUT2D eigenvalue weighted by molar-refractivity contribution is 5.96. The SMILES string of the molecule is CCOc1cc(N)cc(C(=O)NC(CC)(CO)CO)c1. The molecule has 6 nitrogen and oxygen atoms in total. The second-order valence-corrected chi connectivity index (χ2v) is 4.63. The van der Waals surface area contributed by atoms with Crippen LogP contribution in [0.5, 0.6) is 5.75 Å². The molecule has 0 aliphatic rings. The van der Waals surface area contributed by atoms with E-state index in [1.165, 1.54) is 6.07 Å². The van der Waals surface area contributed by atoms with Gasteiger partial charge in [-0.2, -0.15) is 0 Å². The van der Waals surface area contributed by atoms with Crippen LogP contribution in [0.3, 0.4) is 0 Å². The number of amides is 1. The molecule has 0 aromatic heterocycles. The third-order valence-corrected chi connectivity index (χ3v) is 3.16. The number of nitrogens with two attached hydrogens (primary N) is 1. The lowest BCUT2D eigenvalue weighted by atomic mass is 9.97. The van der Waals surface area contributed by atoms with Gasteiger partial charge in [0.2, 0.25) is 0 Å². The summed E-state index contributed by atoms with van der Waals surface area (Å²) in [5.41, 5.74) is 5.44. The number of anilines is 1. The molecule has 0 atom stereocenters. The van der Waals surface area contributed by atoms with Crippen molar-refractivity contribution >= 4 is 11.6 Å². The Bertz CT molecular complexity index is 450. The number of aliphatic hydroxyl groups is 2. The third kappa shape index (κ3) is 3.85. The zero-order valence-electron chi connectivity index (χ0n) is 11.8. The molecule has 0 aliphatic heterocycles. The van der Waals surface area contributed by atoms with Gasteiger partial charge in [0.1, 0.15) is 5.75 Å². The Balaban J connectivity index is 2.97. The molecule has 1 amide bonds. The molecule has 0 saturated heterocycles. The van der Waals surface area contributed by atoms with Crippen molar-refractivity contribution in [3.63, 3.8) is 0 Å². The Morgan fingerprint density at radius 3 is 2.45 bits per heavy atom. The predicted molar refractivity (Wildman–Crippen MR) is 76.7 cm³/mol. The molecule has 0 bridgehead atoms. The molecular formula is C14H22N2O4. The van der Waals surface area contributed by atoms with Gasteiger partial charge in [0.05, 0.1) is 25.4 Å². The number of hydrogen-bond donors (Lipinski definition) is 4. The fraction of sp³-hybridized carbons (Fsp3) is 0.500. The maximum atomic E-state index is 12.2. The number of carbonyl (C=O) groups is 1. The number of aliphatic hydroxyl groups excluding tert-OH is 2. The minimum Gasteiger partial charge on any atom is -0.494 e.